The van der Waals surface area contributed by atoms with Crippen LogP contribution in [0.5, 0.6) is 0 Å². The number of nitrogens with zero attached hydrogens (tertiary/aromatic N) is 1. The summed E-state index contributed by atoms with van der Waals surface area (Å²) in [5, 5.41) is 5.16. The number of rotatable bonds is 5. The Hall–Kier alpha value is -1.40. The monoisotopic (exact) mass is 338 g/mol. The number of Topliss-reactive ketones (excluding diaryl/α,β-unsaturated/α-hetero) is 1. The summed E-state index contributed by atoms with van der Waals surface area (Å²) in [7, 11) is 0. The lowest BCUT2D eigenvalue weighted by Crippen LogP contribution is -2.43. The maximum absolute atomic E-state index is 12.0. The van der Waals surface area contributed by atoms with Gasteiger partial charge in [-0.3, -0.25) is 4.79 Å². The number of piperidine rings is 1. The van der Waals surface area contributed by atoms with Crippen LogP contribution in [0.2, 0.25) is 0 Å². The number of amides is 1. The van der Waals surface area contributed by atoms with E-state index in [2.05, 4.69) is 5.32 Å². The Labute approximate surface area is 142 Å². The lowest BCUT2D eigenvalue weighted by molar-refractivity contribution is 0.0184. The third-order valence-electron chi connectivity index (χ3n) is 3.78. The van der Waals surface area contributed by atoms with Crippen LogP contribution in [0, 0.1) is 5.92 Å². The largest absolute Gasteiger partial charge is 0.444 e. The highest BCUT2D eigenvalue weighted by Gasteiger charge is 2.26. The summed E-state index contributed by atoms with van der Waals surface area (Å²) >= 11 is 1.48. The molecule has 0 aliphatic carbocycles. The number of ether oxygens (including phenoxy) is 1. The van der Waals surface area contributed by atoms with Gasteiger partial charge in [-0.15, -0.1) is 11.3 Å². The molecule has 23 heavy (non-hydrogen) atoms. The van der Waals surface area contributed by atoms with E-state index in [0.29, 0.717) is 12.5 Å². The molecule has 1 aliphatic heterocycles. The van der Waals surface area contributed by atoms with E-state index in [1.165, 1.54) is 11.3 Å². The lowest BCUT2D eigenvalue weighted by atomic mass is 9.97. The van der Waals surface area contributed by atoms with E-state index in [9.17, 15) is 9.59 Å². The zero-order valence-electron chi connectivity index (χ0n) is 14.1. The highest BCUT2D eigenvalue weighted by atomic mass is 32.1. The molecule has 0 aromatic carbocycles. The van der Waals surface area contributed by atoms with Crippen molar-refractivity contribution in [3.8, 4) is 0 Å². The maximum atomic E-state index is 12.0. The van der Waals surface area contributed by atoms with Gasteiger partial charge in [-0.2, -0.15) is 0 Å². The zero-order valence-corrected chi connectivity index (χ0v) is 14.9. The van der Waals surface area contributed by atoms with Crippen LogP contribution in [0.1, 0.15) is 43.3 Å². The first kappa shape index (κ1) is 17.9. The topological polar surface area (TPSA) is 58.6 Å². The molecule has 5 nitrogen and oxygen atoms in total. The van der Waals surface area contributed by atoms with Gasteiger partial charge in [0.25, 0.3) is 0 Å². The number of nitrogens with one attached hydrogen (secondary N) is 1. The van der Waals surface area contributed by atoms with Crippen molar-refractivity contribution in [1.82, 2.24) is 10.2 Å². The number of ketones is 1. The first-order valence-electron chi connectivity index (χ1n) is 8.10. The normalized spacial score (nSPS) is 16.4. The predicted octanol–water partition coefficient (Wildman–Crippen LogP) is 3.17. The van der Waals surface area contributed by atoms with Gasteiger partial charge in [-0.1, -0.05) is 6.07 Å². The fourth-order valence-electron chi connectivity index (χ4n) is 2.56. The van der Waals surface area contributed by atoms with Gasteiger partial charge in [0.2, 0.25) is 0 Å². The van der Waals surface area contributed by atoms with Crippen LogP contribution >= 0.6 is 11.3 Å². The summed E-state index contributed by atoms with van der Waals surface area (Å²) in [5.74, 6) is 0.649. The number of hydrogen-bond donors (Lipinski definition) is 1. The summed E-state index contributed by atoms with van der Waals surface area (Å²) in [4.78, 5) is 26.5. The minimum absolute atomic E-state index is 0.145. The first-order chi connectivity index (χ1) is 10.8. The van der Waals surface area contributed by atoms with Crippen LogP contribution in [0.4, 0.5) is 4.79 Å². The third kappa shape index (κ3) is 5.95. The minimum atomic E-state index is -0.447. The van der Waals surface area contributed by atoms with Crippen LogP contribution < -0.4 is 5.32 Å². The fourth-order valence-corrected chi connectivity index (χ4v) is 3.22. The van der Waals surface area contributed by atoms with Crippen molar-refractivity contribution in [2.24, 2.45) is 5.92 Å². The molecule has 1 fully saturated rings. The summed E-state index contributed by atoms with van der Waals surface area (Å²) in [6, 6.07) is 3.75. The van der Waals surface area contributed by atoms with Crippen LogP contribution in [0.3, 0.4) is 0 Å². The molecule has 0 saturated carbocycles. The molecule has 2 rings (SSSR count). The van der Waals surface area contributed by atoms with E-state index >= 15 is 0 Å². The SMILES string of the molecule is CC(C)(C)OC(=O)N1CCC(CNCC(=O)c2cccs2)CC1. The van der Waals surface area contributed by atoms with Gasteiger partial charge in [0.1, 0.15) is 5.60 Å². The van der Waals surface area contributed by atoms with Crippen LogP contribution in [-0.2, 0) is 4.74 Å². The summed E-state index contributed by atoms with van der Waals surface area (Å²) in [5.41, 5.74) is -0.447. The standard InChI is InChI=1S/C17H26N2O3S/c1-17(2,3)22-16(21)19-8-6-13(7-9-19)11-18-12-14(20)15-5-4-10-23-15/h4-5,10,13,18H,6-9,11-12H2,1-3H3. The molecular formula is C17H26N2O3S. The van der Waals surface area contributed by atoms with Crippen LogP contribution in [0.15, 0.2) is 17.5 Å². The number of thiophene rings is 1. The van der Waals surface area contributed by atoms with Crippen LogP contribution in [0.25, 0.3) is 0 Å². The molecule has 0 bridgehead atoms. The van der Waals surface area contributed by atoms with Crippen molar-refractivity contribution >= 4 is 23.2 Å². The molecule has 1 aliphatic rings. The van der Waals surface area contributed by atoms with Gasteiger partial charge in [0, 0.05) is 13.1 Å². The Morgan fingerprint density at radius 2 is 2.04 bits per heavy atom. The van der Waals surface area contributed by atoms with Crippen LogP contribution in [-0.4, -0.2) is 48.6 Å². The molecule has 1 amide bonds. The number of hydrogen-bond acceptors (Lipinski definition) is 5. The molecule has 0 radical (unpaired) electrons. The molecule has 1 saturated heterocycles. The lowest BCUT2D eigenvalue weighted by Gasteiger charge is -2.33. The summed E-state index contributed by atoms with van der Waals surface area (Å²) < 4.78 is 5.39. The van der Waals surface area contributed by atoms with Crippen molar-refractivity contribution in [2.75, 3.05) is 26.2 Å². The summed E-state index contributed by atoms with van der Waals surface area (Å²) in [6.07, 6.45) is 1.66. The minimum Gasteiger partial charge on any atom is -0.444 e. The molecule has 1 aromatic rings. The van der Waals surface area contributed by atoms with E-state index in [4.69, 9.17) is 4.74 Å². The van der Waals surface area contributed by atoms with Crippen molar-refractivity contribution in [3.05, 3.63) is 22.4 Å². The Balaban J connectivity index is 1.65. The highest BCUT2D eigenvalue weighted by Crippen LogP contribution is 2.19. The molecule has 128 valence electrons. The summed E-state index contributed by atoms with van der Waals surface area (Å²) in [6.45, 7) is 8.29. The first-order valence-corrected chi connectivity index (χ1v) is 8.98. The van der Waals surface area contributed by atoms with Crippen molar-refractivity contribution in [1.29, 1.82) is 0 Å². The van der Waals surface area contributed by atoms with E-state index in [-0.39, 0.29) is 11.9 Å². The number of carbonyl (C=O) groups excluding carboxylic acids is 2. The molecule has 2 heterocycles. The Morgan fingerprint density at radius 1 is 1.35 bits per heavy atom. The van der Waals surface area contributed by atoms with Crippen molar-refractivity contribution in [2.45, 2.75) is 39.2 Å². The second-order valence-electron chi connectivity index (χ2n) is 6.94. The second kappa shape index (κ2) is 7.93. The van der Waals surface area contributed by atoms with Gasteiger partial charge in [-0.05, 0) is 57.5 Å². The maximum Gasteiger partial charge on any atom is 0.410 e. The third-order valence-corrected chi connectivity index (χ3v) is 4.69. The Kier molecular flexibility index (Phi) is 6.18. The molecule has 1 N–H and O–H groups in total. The molecule has 6 heteroatoms. The van der Waals surface area contributed by atoms with E-state index in [0.717, 1.165) is 37.4 Å². The quantitative estimate of drug-likeness (QED) is 0.838. The molecular weight excluding hydrogens is 312 g/mol. The average molecular weight is 338 g/mol. The van der Waals surface area contributed by atoms with Crippen molar-refractivity contribution < 1.29 is 14.3 Å². The zero-order chi connectivity index (χ0) is 16.9. The Bertz CT molecular complexity index is 514. The van der Waals surface area contributed by atoms with E-state index in [1.807, 2.05) is 38.3 Å². The van der Waals surface area contributed by atoms with Gasteiger partial charge in [0.05, 0.1) is 11.4 Å². The molecule has 0 atom stereocenters. The fraction of sp³-hybridized carbons (Fsp3) is 0.647. The van der Waals surface area contributed by atoms with E-state index < -0.39 is 5.60 Å². The smallest absolute Gasteiger partial charge is 0.410 e. The molecule has 0 spiro atoms. The average Bonchev–Trinajstić information content (AvgIpc) is 3.00. The predicted molar refractivity (Wildman–Crippen MR) is 92.1 cm³/mol. The Morgan fingerprint density at radius 3 is 2.61 bits per heavy atom. The second-order valence-corrected chi connectivity index (χ2v) is 7.89. The van der Waals surface area contributed by atoms with Crippen molar-refractivity contribution in [3.63, 3.8) is 0 Å². The highest BCUT2D eigenvalue weighted by molar-refractivity contribution is 7.12. The molecule has 0 unspecified atom stereocenters. The van der Waals surface area contributed by atoms with Gasteiger partial charge in [-0.25, -0.2) is 4.79 Å². The van der Waals surface area contributed by atoms with Gasteiger partial charge in [0.15, 0.2) is 5.78 Å². The number of likely N-dealkylation sites (tertiary alicyclic amines) is 1. The number of carbonyl (C=O) groups is 2. The molecule has 1 aromatic heterocycles. The van der Waals surface area contributed by atoms with Gasteiger partial charge < -0.3 is 15.0 Å². The van der Waals surface area contributed by atoms with Gasteiger partial charge >= 0.3 is 6.09 Å². The van der Waals surface area contributed by atoms with E-state index in [1.54, 1.807) is 4.90 Å².